The summed E-state index contributed by atoms with van der Waals surface area (Å²) < 4.78 is 0. The molecule has 0 unspecified atom stereocenters. The summed E-state index contributed by atoms with van der Waals surface area (Å²) in [5.41, 5.74) is 1.52. The third-order valence-corrected chi connectivity index (χ3v) is 3.39. The highest BCUT2D eigenvalue weighted by atomic mass is 16.5. The van der Waals surface area contributed by atoms with Crippen molar-refractivity contribution in [3.8, 4) is 0 Å². The van der Waals surface area contributed by atoms with Gasteiger partial charge in [0.2, 0.25) is 11.8 Å². The van der Waals surface area contributed by atoms with Crippen molar-refractivity contribution in [2.24, 2.45) is 4.99 Å². The van der Waals surface area contributed by atoms with E-state index in [1.807, 2.05) is 11.8 Å². The Bertz CT molecular complexity index is 448. The first kappa shape index (κ1) is 16.9. The van der Waals surface area contributed by atoms with Crippen LogP contribution in [-0.2, 0) is 9.59 Å². The Morgan fingerprint density at radius 2 is 2.14 bits per heavy atom. The predicted octanol–water partition coefficient (Wildman–Crippen LogP) is 0.533. The predicted molar refractivity (Wildman–Crippen MR) is 79.7 cm³/mol. The molecule has 1 saturated heterocycles. The number of rotatable bonds is 6. The van der Waals surface area contributed by atoms with Crippen LogP contribution in [0.4, 0.5) is 0 Å². The Kier molecular flexibility index (Phi) is 6.61. The second kappa shape index (κ2) is 8.21. The van der Waals surface area contributed by atoms with Gasteiger partial charge in [0.1, 0.15) is 5.82 Å². The van der Waals surface area contributed by atoms with Crippen molar-refractivity contribution in [2.75, 3.05) is 19.6 Å². The van der Waals surface area contributed by atoms with Gasteiger partial charge in [-0.15, -0.1) is 0 Å². The number of carbonyl (C=O) groups excluding carboxylic acids is 2. The van der Waals surface area contributed by atoms with Crippen LogP contribution in [0, 0.1) is 0 Å². The van der Waals surface area contributed by atoms with Gasteiger partial charge in [-0.1, -0.05) is 12.7 Å². The number of nitrogens with zero attached hydrogens (tertiary/aromatic N) is 3. The number of carbonyl (C=O) groups is 2. The van der Waals surface area contributed by atoms with Crippen molar-refractivity contribution in [3.05, 3.63) is 24.6 Å². The summed E-state index contributed by atoms with van der Waals surface area (Å²) in [6.07, 6.45) is 3.51. The maximum Gasteiger partial charge on any atom is 0.243 e. The zero-order valence-electron chi connectivity index (χ0n) is 12.3. The zero-order valence-corrected chi connectivity index (χ0v) is 12.3. The summed E-state index contributed by atoms with van der Waals surface area (Å²) in [6.45, 7) is 11.0. The summed E-state index contributed by atoms with van der Waals surface area (Å²) in [4.78, 5) is 30.8. The number of allylic oxidation sites excluding steroid dienone is 2. The van der Waals surface area contributed by atoms with Crippen LogP contribution in [0.5, 0.6) is 0 Å². The Balaban J connectivity index is 2.58. The number of hydrogen-bond acceptors (Lipinski definition) is 5. The number of amides is 2. The van der Waals surface area contributed by atoms with Crippen LogP contribution in [-0.4, -0.2) is 59.2 Å². The molecule has 0 aromatic rings. The molecule has 1 aliphatic heterocycles. The highest BCUT2D eigenvalue weighted by Gasteiger charge is 2.28. The van der Waals surface area contributed by atoms with Crippen molar-refractivity contribution >= 4 is 18.5 Å². The number of hydrogen-bond donors (Lipinski definition) is 2. The minimum Gasteiger partial charge on any atom is -0.353 e. The lowest BCUT2D eigenvalue weighted by molar-refractivity contribution is -0.138. The molecule has 21 heavy (non-hydrogen) atoms. The molecule has 0 bridgehead atoms. The number of nitrogens with one attached hydrogen (secondary N) is 1. The first-order valence-electron chi connectivity index (χ1n) is 6.80. The molecule has 7 nitrogen and oxygen atoms in total. The molecule has 0 aromatic carbocycles. The van der Waals surface area contributed by atoms with Gasteiger partial charge in [-0.3, -0.25) is 14.8 Å². The normalized spacial score (nSPS) is 19.1. The SMILES string of the molecule is C=C/C=C(\N=C)N1CCN(C(=O)CCC(=O)NO)[C@@H](C)C1. The van der Waals surface area contributed by atoms with Crippen LogP contribution < -0.4 is 5.48 Å². The van der Waals surface area contributed by atoms with Crippen LogP contribution in [0.1, 0.15) is 19.8 Å². The largest absolute Gasteiger partial charge is 0.353 e. The molecule has 0 spiro atoms. The summed E-state index contributed by atoms with van der Waals surface area (Å²) in [5.74, 6) is 0.0943. The van der Waals surface area contributed by atoms with Crippen molar-refractivity contribution in [1.82, 2.24) is 15.3 Å². The standard InChI is InChI=1S/C14H22N4O3/c1-4-5-12(15-3)17-8-9-18(11(2)10-17)14(20)7-6-13(19)16-21/h4-5,11,21H,1,3,6-10H2,2H3,(H,16,19)/b12-5+/t11-/m0/s1. The van der Waals surface area contributed by atoms with Crippen LogP contribution in [0.25, 0.3) is 0 Å². The first-order chi connectivity index (χ1) is 10.0. The van der Waals surface area contributed by atoms with E-state index in [0.717, 1.165) is 5.82 Å². The molecule has 0 radical (unpaired) electrons. The van der Waals surface area contributed by atoms with E-state index in [-0.39, 0.29) is 24.8 Å². The van der Waals surface area contributed by atoms with Crippen LogP contribution in [0.2, 0.25) is 0 Å². The van der Waals surface area contributed by atoms with E-state index in [9.17, 15) is 9.59 Å². The Labute approximate surface area is 124 Å². The molecule has 7 heteroatoms. The van der Waals surface area contributed by atoms with Gasteiger partial charge in [0, 0.05) is 38.5 Å². The van der Waals surface area contributed by atoms with Crippen molar-refractivity contribution < 1.29 is 14.8 Å². The zero-order chi connectivity index (χ0) is 15.8. The van der Waals surface area contributed by atoms with E-state index in [1.54, 1.807) is 17.1 Å². The van der Waals surface area contributed by atoms with Crippen molar-refractivity contribution in [3.63, 3.8) is 0 Å². The van der Waals surface area contributed by atoms with E-state index < -0.39 is 5.91 Å². The molecule has 0 saturated carbocycles. The molecular formula is C14H22N4O3. The van der Waals surface area contributed by atoms with Crippen LogP contribution in [0.3, 0.4) is 0 Å². The van der Waals surface area contributed by atoms with Gasteiger partial charge >= 0.3 is 0 Å². The van der Waals surface area contributed by atoms with E-state index in [0.29, 0.717) is 19.6 Å². The summed E-state index contributed by atoms with van der Waals surface area (Å²) >= 11 is 0. The fraction of sp³-hybridized carbons (Fsp3) is 0.500. The lowest BCUT2D eigenvalue weighted by Crippen LogP contribution is -2.53. The van der Waals surface area contributed by atoms with Gasteiger partial charge in [-0.2, -0.15) is 0 Å². The molecule has 2 N–H and O–H groups in total. The number of hydroxylamine groups is 1. The monoisotopic (exact) mass is 294 g/mol. The molecule has 1 rings (SSSR count). The van der Waals surface area contributed by atoms with Gasteiger partial charge in [-0.25, -0.2) is 10.5 Å². The summed E-state index contributed by atoms with van der Waals surface area (Å²) in [6, 6.07) is 0.0124. The second-order valence-electron chi connectivity index (χ2n) is 4.84. The third-order valence-electron chi connectivity index (χ3n) is 3.39. The summed E-state index contributed by atoms with van der Waals surface area (Å²) in [7, 11) is 0. The van der Waals surface area contributed by atoms with Gasteiger partial charge in [-0.05, 0) is 19.7 Å². The highest BCUT2D eigenvalue weighted by Crippen LogP contribution is 2.16. The molecule has 1 aliphatic rings. The topological polar surface area (TPSA) is 85.2 Å². The van der Waals surface area contributed by atoms with E-state index in [4.69, 9.17) is 5.21 Å². The molecule has 116 valence electrons. The van der Waals surface area contributed by atoms with E-state index in [2.05, 4.69) is 18.3 Å². The third kappa shape index (κ3) is 4.71. The highest BCUT2D eigenvalue weighted by molar-refractivity contribution is 5.83. The Morgan fingerprint density at radius 3 is 2.67 bits per heavy atom. The van der Waals surface area contributed by atoms with E-state index >= 15 is 0 Å². The van der Waals surface area contributed by atoms with E-state index in [1.165, 1.54) is 5.48 Å². The minimum atomic E-state index is -0.554. The quantitative estimate of drug-likeness (QED) is 0.324. The van der Waals surface area contributed by atoms with Gasteiger partial charge in [0.25, 0.3) is 0 Å². The lowest BCUT2D eigenvalue weighted by atomic mass is 10.1. The molecule has 1 atom stereocenters. The maximum absolute atomic E-state index is 12.1. The van der Waals surface area contributed by atoms with Crippen molar-refractivity contribution in [2.45, 2.75) is 25.8 Å². The second-order valence-corrected chi connectivity index (χ2v) is 4.84. The number of aliphatic imine (C=N–C) groups is 1. The molecular weight excluding hydrogens is 272 g/mol. The fourth-order valence-corrected chi connectivity index (χ4v) is 2.32. The molecule has 2 amide bonds. The van der Waals surface area contributed by atoms with Gasteiger partial charge in [0.05, 0.1) is 0 Å². The van der Waals surface area contributed by atoms with Crippen LogP contribution in [0.15, 0.2) is 29.5 Å². The van der Waals surface area contributed by atoms with Crippen LogP contribution >= 0.6 is 0 Å². The van der Waals surface area contributed by atoms with Gasteiger partial charge in [0.15, 0.2) is 0 Å². The average Bonchev–Trinajstić information content (AvgIpc) is 2.49. The molecule has 1 fully saturated rings. The smallest absolute Gasteiger partial charge is 0.243 e. The number of piperazine rings is 1. The fourth-order valence-electron chi connectivity index (χ4n) is 2.32. The lowest BCUT2D eigenvalue weighted by Gasteiger charge is -2.40. The molecule has 0 aromatic heterocycles. The average molecular weight is 294 g/mol. The Morgan fingerprint density at radius 1 is 1.43 bits per heavy atom. The minimum absolute atomic E-state index is 0.0124. The van der Waals surface area contributed by atoms with Gasteiger partial charge < -0.3 is 9.80 Å². The Hall–Kier alpha value is -2.15. The first-order valence-corrected chi connectivity index (χ1v) is 6.80. The molecule has 0 aliphatic carbocycles. The molecule has 1 heterocycles. The maximum atomic E-state index is 12.1. The summed E-state index contributed by atoms with van der Waals surface area (Å²) in [5, 5.41) is 8.42. The van der Waals surface area contributed by atoms with Crippen molar-refractivity contribution in [1.29, 1.82) is 0 Å².